The van der Waals surface area contributed by atoms with E-state index in [2.05, 4.69) is 0 Å². The van der Waals surface area contributed by atoms with Crippen molar-refractivity contribution in [2.24, 2.45) is 22.7 Å². The number of hydrogen-bond donors (Lipinski definition) is 2. The Morgan fingerprint density at radius 1 is 1.20 bits per heavy atom. The van der Waals surface area contributed by atoms with Gasteiger partial charge >= 0.3 is 0 Å². The fourth-order valence-electron chi connectivity index (χ4n) is 5.57. The van der Waals surface area contributed by atoms with Crippen molar-refractivity contribution in [1.29, 1.82) is 0 Å². The normalized spacial score (nSPS) is 55.5. The SMILES string of the molecule is CC1C(=O)CC[C@]2(C)C3CCC(=O)[C@@]3(C)C[C@H](O)[C@@]12O. The Bertz CT molecular complexity index is 487. The highest BCUT2D eigenvalue weighted by atomic mass is 16.3. The third-order valence-electron chi connectivity index (χ3n) is 6.91. The maximum absolute atomic E-state index is 12.3. The summed E-state index contributed by atoms with van der Waals surface area (Å²) in [5.74, 6) is -0.269. The van der Waals surface area contributed by atoms with E-state index in [1.54, 1.807) is 6.92 Å². The van der Waals surface area contributed by atoms with Gasteiger partial charge in [0.05, 0.1) is 6.10 Å². The maximum Gasteiger partial charge on any atom is 0.139 e. The first-order valence-corrected chi connectivity index (χ1v) is 7.64. The minimum Gasteiger partial charge on any atom is -0.390 e. The first-order valence-electron chi connectivity index (χ1n) is 7.64. The van der Waals surface area contributed by atoms with Crippen molar-refractivity contribution in [3.8, 4) is 0 Å². The van der Waals surface area contributed by atoms with Gasteiger partial charge in [-0.15, -0.1) is 0 Å². The van der Waals surface area contributed by atoms with Crippen molar-refractivity contribution >= 4 is 11.6 Å². The number of fused-ring (bicyclic) bond motifs is 3. The van der Waals surface area contributed by atoms with E-state index in [4.69, 9.17) is 0 Å². The topological polar surface area (TPSA) is 74.6 Å². The van der Waals surface area contributed by atoms with Crippen LogP contribution in [0, 0.1) is 22.7 Å². The Kier molecular flexibility index (Phi) is 2.78. The number of carbonyl (C=O) groups excluding carboxylic acids is 2. The van der Waals surface area contributed by atoms with Crippen molar-refractivity contribution in [3.63, 3.8) is 0 Å². The lowest BCUT2D eigenvalue weighted by Gasteiger charge is -2.63. The first-order chi connectivity index (χ1) is 9.18. The van der Waals surface area contributed by atoms with Gasteiger partial charge in [-0.3, -0.25) is 9.59 Å². The van der Waals surface area contributed by atoms with Crippen LogP contribution < -0.4 is 0 Å². The summed E-state index contributed by atoms with van der Waals surface area (Å²) in [5.41, 5.74) is -2.49. The van der Waals surface area contributed by atoms with Gasteiger partial charge in [-0.25, -0.2) is 0 Å². The Morgan fingerprint density at radius 3 is 2.50 bits per heavy atom. The minimum atomic E-state index is -1.39. The van der Waals surface area contributed by atoms with Gasteiger partial charge in [-0.05, 0) is 25.2 Å². The van der Waals surface area contributed by atoms with Crippen molar-refractivity contribution in [3.05, 3.63) is 0 Å². The number of ketones is 2. The van der Waals surface area contributed by atoms with E-state index in [1.807, 2.05) is 13.8 Å². The van der Waals surface area contributed by atoms with Crippen LogP contribution in [0.25, 0.3) is 0 Å². The quantitative estimate of drug-likeness (QED) is 0.704. The summed E-state index contributed by atoms with van der Waals surface area (Å²) in [5, 5.41) is 21.8. The smallest absolute Gasteiger partial charge is 0.139 e. The van der Waals surface area contributed by atoms with Crippen LogP contribution in [0.3, 0.4) is 0 Å². The van der Waals surface area contributed by atoms with Crippen LogP contribution in [-0.2, 0) is 9.59 Å². The highest BCUT2D eigenvalue weighted by Crippen LogP contribution is 2.65. The Labute approximate surface area is 119 Å². The van der Waals surface area contributed by atoms with E-state index < -0.39 is 28.5 Å². The van der Waals surface area contributed by atoms with E-state index in [0.29, 0.717) is 19.3 Å². The molecule has 4 heteroatoms. The average molecular weight is 280 g/mol. The number of carbonyl (C=O) groups is 2. The zero-order chi connectivity index (χ0) is 14.9. The zero-order valence-electron chi connectivity index (χ0n) is 12.5. The van der Waals surface area contributed by atoms with Crippen LogP contribution in [0.15, 0.2) is 0 Å². The van der Waals surface area contributed by atoms with Crippen LogP contribution in [0.5, 0.6) is 0 Å². The van der Waals surface area contributed by atoms with Crippen molar-refractivity contribution in [2.75, 3.05) is 0 Å². The molecule has 3 rings (SSSR count). The molecule has 0 saturated heterocycles. The van der Waals surface area contributed by atoms with Crippen molar-refractivity contribution < 1.29 is 19.8 Å². The number of hydrogen-bond acceptors (Lipinski definition) is 4. The summed E-state index contributed by atoms with van der Waals surface area (Å²) < 4.78 is 0. The van der Waals surface area contributed by atoms with Crippen LogP contribution in [0.1, 0.15) is 52.9 Å². The molecule has 0 heterocycles. The molecule has 0 bridgehead atoms. The number of rotatable bonds is 0. The summed E-state index contributed by atoms with van der Waals surface area (Å²) in [4.78, 5) is 24.3. The average Bonchev–Trinajstić information content (AvgIpc) is 2.68. The molecule has 4 nitrogen and oxygen atoms in total. The lowest BCUT2D eigenvalue weighted by Crippen LogP contribution is -2.71. The summed E-state index contributed by atoms with van der Waals surface area (Å²) in [6.07, 6.45) is 1.57. The molecule has 0 aliphatic heterocycles. The Hall–Kier alpha value is -0.740. The molecule has 3 aliphatic carbocycles. The summed E-state index contributed by atoms with van der Waals surface area (Å²) in [6.45, 7) is 5.63. The van der Waals surface area contributed by atoms with Gasteiger partial charge in [-0.1, -0.05) is 20.8 Å². The standard InChI is InChI=1S/C16H24O4/c1-9-10(17)6-7-15(3)11-4-5-12(18)14(11,2)8-13(19)16(9,15)20/h9,11,13,19-20H,4-8H2,1-3H3/t9?,11?,13-,14-,15+,16-/m0/s1. The number of aliphatic hydroxyl groups is 2. The third-order valence-corrected chi connectivity index (χ3v) is 6.91. The molecule has 3 saturated carbocycles. The molecule has 2 unspecified atom stereocenters. The van der Waals surface area contributed by atoms with Gasteiger partial charge < -0.3 is 10.2 Å². The number of aliphatic hydroxyl groups excluding tert-OH is 1. The van der Waals surface area contributed by atoms with Gasteiger partial charge in [0.15, 0.2) is 0 Å². The summed E-state index contributed by atoms with van der Waals surface area (Å²) in [6, 6.07) is 0. The minimum absolute atomic E-state index is 0.0250. The molecule has 0 aromatic heterocycles. The van der Waals surface area contributed by atoms with Gasteiger partial charge in [0.25, 0.3) is 0 Å². The molecule has 0 aromatic rings. The van der Waals surface area contributed by atoms with E-state index in [-0.39, 0.29) is 23.9 Å². The van der Waals surface area contributed by atoms with Crippen LogP contribution >= 0.6 is 0 Å². The second-order valence-electron chi connectivity index (χ2n) is 7.58. The summed E-state index contributed by atoms with van der Waals surface area (Å²) in [7, 11) is 0. The van der Waals surface area contributed by atoms with E-state index in [0.717, 1.165) is 6.42 Å². The predicted molar refractivity (Wildman–Crippen MR) is 72.9 cm³/mol. The monoisotopic (exact) mass is 280 g/mol. The van der Waals surface area contributed by atoms with Crippen LogP contribution in [0.2, 0.25) is 0 Å². The highest BCUT2D eigenvalue weighted by molar-refractivity contribution is 5.88. The molecule has 0 amide bonds. The molecule has 0 aromatic carbocycles. The second-order valence-corrected chi connectivity index (χ2v) is 7.58. The fourth-order valence-corrected chi connectivity index (χ4v) is 5.57. The fraction of sp³-hybridized carbons (Fsp3) is 0.875. The number of Topliss-reactive ketones (excluding diaryl/α,β-unsaturated/α-hetero) is 2. The molecular formula is C16H24O4. The summed E-state index contributed by atoms with van der Waals surface area (Å²) >= 11 is 0. The molecular weight excluding hydrogens is 256 g/mol. The largest absolute Gasteiger partial charge is 0.390 e. The lowest BCUT2D eigenvalue weighted by molar-refractivity contribution is -0.256. The Balaban J connectivity index is 2.14. The predicted octanol–water partition coefficient (Wildman–Crippen LogP) is 1.47. The van der Waals surface area contributed by atoms with Crippen molar-refractivity contribution in [2.45, 2.75) is 64.6 Å². The molecule has 3 fully saturated rings. The molecule has 0 radical (unpaired) electrons. The van der Waals surface area contributed by atoms with Crippen molar-refractivity contribution in [1.82, 2.24) is 0 Å². The maximum atomic E-state index is 12.3. The molecule has 2 N–H and O–H groups in total. The van der Waals surface area contributed by atoms with Gasteiger partial charge in [0, 0.05) is 29.6 Å². The molecule has 3 aliphatic rings. The van der Waals surface area contributed by atoms with Gasteiger partial charge in [-0.2, -0.15) is 0 Å². The molecule has 112 valence electrons. The van der Waals surface area contributed by atoms with Crippen LogP contribution in [-0.4, -0.2) is 33.5 Å². The van der Waals surface area contributed by atoms with E-state index in [1.165, 1.54) is 0 Å². The van der Waals surface area contributed by atoms with E-state index >= 15 is 0 Å². The highest BCUT2D eigenvalue weighted by Gasteiger charge is 2.71. The second kappa shape index (κ2) is 3.92. The molecule has 6 atom stereocenters. The van der Waals surface area contributed by atoms with Gasteiger partial charge in [0.1, 0.15) is 17.2 Å². The first kappa shape index (κ1) is 14.2. The third kappa shape index (κ3) is 1.34. The zero-order valence-corrected chi connectivity index (χ0v) is 12.5. The lowest BCUT2D eigenvalue weighted by atomic mass is 9.44. The Morgan fingerprint density at radius 2 is 1.85 bits per heavy atom. The van der Waals surface area contributed by atoms with Crippen LogP contribution in [0.4, 0.5) is 0 Å². The van der Waals surface area contributed by atoms with E-state index in [9.17, 15) is 19.8 Å². The molecule has 20 heavy (non-hydrogen) atoms. The molecule has 0 spiro atoms. The van der Waals surface area contributed by atoms with Gasteiger partial charge in [0.2, 0.25) is 0 Å².